The highest BCUT2D eigenvalue weighted by atomic mass is 32.2. The van der Waals surface area contributed by atoms with Crippen LogP contribution in [0, 0.1) is 5.92 Å². The van der Waals surface area contributed by atoms with Gasteiger partial charge in [0.05, 0.1) is 32.1 Å². The van der Waals surface area contributed by atoms with Crippen LogP contribution in [0.25, 0.3) is 0 Å². The first-order valence-corrected chi connectivity index (χ1v) is 11.1. The SMILES string of the molecule is COc1cc2c(cc1OC)[C@]13CCC[C@H](OS(C)(=O)=O)[C@H]1CCN3CC2. The maximum atomic E-state index is 11.8. The van der Waals surface area contributed by atoms with Crippen LogP contribution in [-0.4, -0.2) is 53.0 Å². The van der Waals surface area contributed by atoms with Gasteiger partial charge in [0.25, 0.3) is 10.1 Å². The summed E-state index contributed by atoms with van der Waals surface area (Å²) < 4.78 is 40.2. The summed E-state index contributed by atoms with van der Waals surface area (Å²) >= 11 is 0. The van der Waals surface area contributed by atoms with Gasteiger partial charge in [0.15, 0.2) is 11.5 Å². The average molecular weight is 381 g/mol. The largest absolute Gasteiger partial charge is 0.493 e. The van der Waals surface area contributed by atoms with Crippen molar-refractivity contribution in [2.24, 2.45) is 5.92 Å². The van der Waals surface area contributed by atoms with Gasteiger partial charge in [-0.3, -0.25) is 9.08 Å². The number of rotatable bonds is 4. The van der Waals surface area contributed by atoms with E-state index >= 15 is 0 Å². The molecule has 1 saturated heterocycles. The zero-order chi connectivity index (χ0) is 18.5. The molecule has 0 amide bonds. The Morgan fingerprint density at radius 3 is 2.54 bits per heavy atom. The van der Waals surface area contributed by atoms with Crippen LogP contribution in [0.4, 0.5) is 0 Å². The molecule has 1 aromatic rings. The summed E-state index contributed by atoms with van der Waals surface area (Å²) in [5, 5.41) is 0. The molecule has 144 valence electrons. The molecule has 1 saturated carbocycles. The van der Waals surface area contributed by atoms with Crippen LogP contribution < -0.4 is 9.47 Å². The lowest BCUT2D eigenvalue weighted by molar-refractivity contribution is -0.0149. The van der Waals surface area contributed by atoms with Crippen LogP contribution in [0.3, 0.4) is 0 Å². The van der Waals surface area contributed by atoms with Crippen molar-refractivity contribution in [2.45, 2.75) is 43.7 Å². The van der Waals surface area contributed by atoms with Crippen LogP contribution in [0.5, 0.6) is 11.5 Å². The fraction of sp³-hybridized carbons (Fsp3) is 0.684. The average Bonchev–Trinajstić information content (AvgIpc) is 3.00. The lowest BCUT2D eigenvalue weighted by Crippen LogP contribution is -2.54. The Morgan fingerprint density at radius 2 is 1.85 bits per heavy atom. The number of hydrogen-bond acceptors (Lipinski definition) is 6. The second kappa shape index (κ2) is 6.39. The third kappa shape index (κ3) is 2.72. The smallest absolute Gasteiger partial charge is 0.264 e. The summed E-state index contributed by atoms with van der Waals surface area (Å²) in [6.45, 7) is 1.98. The van der Waals surface area contributed by atoms with Crippen molar-refractivity contribution < 1.29 is 22.1 Å². The normalized spacial score (nSPS) is 31.0. The van der Waals surface area contributed by atoms with Crippen LogP contribution in [-0.2, 0) is 26.3 Å². The lowest BCUT2D eigenvalue weighted by Gasteiger charge is -2.51. The molecule has 2 fully saturated rings. The van der Waals surface area contributed by atoms with Gasteiger partial charge in [-0.2, -0.15) is 8.42 Å². The first-order chi connectivity index (χ1) is 12.4. The lowest BCUT2D eigenvalue weighted by atomic mass is 9.65. The second-order valence-electron chi connectivity index (χ2n) is 7.65. The van der Waals surface area contributed by atoms with Crippen molar-refractivity contribution in [1.82, 2.24) is 4.90 Å². The second-order valence-corrected chi connectivity index (χ2v) is 9.25. The van der Waals surface area contributed by atoms with E-state index in [1.54, 1.807) is 14.2 Å². The Balaban J connectivity index is 1.82. The highest BCUT2D eigenvalue weighted by Gasteiger charge is 2.57. The molecular formula is C19H27NO5S. The maximum Gasteiger partial charge on any atom is 0.264 e. The molecule has 0 unspecified atom stereocenters. The highest BCUT2D eigenvalue weighted by molar-refractivity contribution is 7.86. The van der Waals surface area contributed by atoms with Gasteiger partial charge >= 0.3 is 0 Å². The molecule has 2 heterocycles. The van der Waals surface area contributed by atoms with E-state index in [1.807, 2.05) is 0 Å². The van der Waals surface area contributed by atoms with Crippen LogP contribution in [0.2, 0.25) is 0 Å². The minimum Gasteiger partial charge on any atom is -0.493 e. The number of hydrogen-bond donors (Lipinski definition) is 0. The standard InChI is InChI=1S/C19H27NO5S/c1-23-17-11-13-6-9-20-10-7-14-16(25-26(3,21)22)5-4-8-19(14,20)15(13)12-18(17)24-2/h11-12,14,16H,4-10H2,1-3H3/t14-,16+,19+/m1/s1. The zero-order valence-corrected chi connectivity index (χ0v) is 16.5. The summed E-state index contributed by atoms with van der Waals surface area (Å²) in [5.41, 5.74) is 2.40. The summed E-state index contributed by atoms with van der Waals surface area (Å²) in [6, 6.07) is 4.21. The van der Waals surface area contributed by atoms with Crippen LogP contribution in [0.15, 0.2) is 12.1 Å². The van der Waals surface area contributed by atoms with E-state index < -0.39 is 10.1 Å². The van der Waals surface area contributed by atoms with Crippen LogP contribution in [0.1, 0.15) is 36.8 Å². The molecule has 0 N–H and O–H groups in total. The van der Waals surface area contributed by atoms with Crippen molar-refractivity contribution in [3.05, 3.63) is 23.3 Å². The van der Waals surface area contributed by atoms with E-state index in [1.165, 1.54) is 11.1 Å². The van der Waals surface area contributed by atoms with E-state index in [2.05, 4.69) is 17.0 Å². The van der Waals surface area contributed by atoms with E-state index in [0.717, 1.165) is 62.9 Å². The summed E-state index contributed by atoms with van der Waals surface area (Å²) in [6.07, 6.45) is 5.64. The Hall–Kier alpha value is -1.31. The van der Waals surface area contributed by atoms with Crippen molar-refractivity contribution >= 4 is 10.1 Å². The van der Waals surface area contributed by atoms with Gasteiger partial charge < -0.3 is 9.47 Å². The minimum absolute atomic E-state index is 0.152. The predicted octanol–water partition coefficient (Wildman–Crippen LogP) is 2.31. The molecule has 0 bridgehead atoms. The molecule has 26 heavy (non-hydrogen) atoms. The molecule has 1 aliphatic carbocycles. The van der Waals surface area contributed by atoms with E-state index in [0.29, 0.717) is 0 Å². The number of ether oxygens (including phenoxy) is 2. The molecule has 1 spiro atoms. The molecule has 2 aliphatic heterocycles. The van der Waals surface area contributed by atoms with E-state index in [4.69, 9.17) is 13.7 Å². The fourth-order valence-electron chi connectivity index (χ4n) is 5.52. The summed E-state index contributed by atoms with van der Waals surface area (Å²) in [4.78, 5) is 2.55. The number of benzene rings is 1. The Bertz CT molecular complexity index is 808. The van der Waals surface area contributed by atoms with Gasteiger partial charge in [-0.05, 0) is 61.9 Å². The first-order valence-electron chi connectivity index (χ1n) is 9.28. The molecule has 7 heteroatoms. The zero-order valence-electron chi connectivity index (χ0n) is 15.7. The third-order valence-electron chi connectivity index (χ3n) is 6.41. The monoisotopic (exact) mass is 381 g/mol. The van der Waals surface area contributed by atoms with Gasteiger partial charge in [-0.15, -0.1) is 0 Å². The third-order valence-corrected chi connectivity index (χ3v) is 7.01. The summed E-state index contributed by atoms with van der Waals surface area (Å²) in [7, 11) is -0.150. The van der Waals surface area contributed by atoms with Gasteiger partial charge in [-0.1, -0.05) is 0 Å². The molecular weight excluding hydrogens is 354 g/mol. The van der Waals surface area contributed by atoms with Gasteiger partial charge in [0.2, 0.25) is 0 Å². The molecule has 4 rings (SSSR count). The van der Waals surface area contributed by atoms with Crippen molar-refractivity contribution in [3.63, 3.8) is 0 Å². The molecule has 6 nitrogen and oxygen atoms in total. The molecule has 0 radical (unpaired) electrons. The molecule has 0 aromatic heterocycles. The number of methoxy groups -OCH3 is 2. The molecule has 3 aliphatic rings. The fourth-order valence-corrected chi connectivity index (χ4v) is 6.20. The van der Waals surface area contributed by atoms with Gasteiger partial charge in [-0.25, -0.2) is 0 Å². The van der Waals surface area contributed by atoms with Gasteiger partial charge in [0, 0.05) is 12.5 Å². The first kappa shape index (κ1) is 18.1. The van der Waals surface area contributed by atoms with Crippen molar-refractivity contribution in [2.75, 3.05) is 33.6 Å². The van der Waals surface area contributed by atoms with Crippen LogP contribution >= 0.6 is 0 Å². The molecule has 1 aromatic carbocycles. The van der Waals surface area contributed by atoms with E-state index in [-0.39, 0.29) is 17.6 Å². The Kier molecular flexibility index (Phi) is 4.44. The topological polar surface area (TPSA) is 65.1 Å². The van der Waals surface area contributed by atoms with Crippen molar-refractivity contribution in [1.29, 1.82) is 0 Å². The van der Waals surface area contributed by atoms with Gasteiger partial charge in [0.1, 0.15) is 0 Å². The Morgan fingerprint density at radius 1 is 1.12 bits per heavy atom. The van der Waals surface area contributed by atoms with E-state index in [9.17, 15) is 8.42 Å². The van der Waals surface area contributed by atoms with Crippen molar-refractivity contribution in [3.8, 4) is 11.5 Å². The minimum atomic E-state index is -3.47. The maximum absolute atomic E-state index is 11.8. The quantitative estimate of drug-likeness (QED) is 0.746. The molecule has 3 atom stereocenters. The number of nitrogens with zero attached hydrogens (tertiary/aromatic N) is 1. The Labute approximate surface area is 155 Å². The predicted molar refractivity (Wildman–Crippen MR) is 98.2 cm³/mol. The number of fused-ring (bicyclic) bond motifs is 1. The highest BCUT2D eigenvalue weighted by Crippen LogP contribution is 2.56. The summed E-state index contributed by atoms with van der Waals surface area (Å²) in [5.74, 6) is 1.67.